The van der Waals surface area contributed by atoms with Crippen LogP contribution in [0.1, 0.15) is 290 Å². The summed E-state index contributed by atoms with van der Waals surface area (Å²) in [7, 11) is 5.93. The number of unbranched alkanes of at least 4 members (excludes halogenated alkanes) is 34. The number of carbonyl (C=O) groups excluding carboxylic acids is 3. The van der Waals surface area contributed by atoms with E-state index in [1.54, 1.807) is 0 Å². The second-order valence-corrected chi connectivity index (χ2v) is 22.7. The molecule has 0 aromatic heterocycles. The number of hydrogen-bond acceptors (Lipinski definition) is 8. The van der Waals surface area contributed by atoms with Crippen LogP contribution in [0, 0.1) is 0 Å². The first-order valence-corrected chi connectivity index (χ1v) is 31.9. The van der Waals surface area contributed by atoms with E-state index in [-0.39, 0.29) is 32.2 Å². The van der Waals surface area contributed by atoms with Gasteiger partial charge in [-0.05, 0) is 57.8 Å². The molecule has 0 amide bonds. The summed E-state index contributed by atoms with van der Waals surface area (Å²) in [6.45, 7) is 4.64. The van der Waals surface area contributed by atoms with Crippen molar-refractivity contribution in [1.82, 2.24) is 0 Å². The van der Waals surface area contributed by atoms with Crippen LogP contribution in [0.4, 0.5) is 0 Å². The molecule has 0 saturated carbocycles. The largest absolute Gasteiger partial charge is 0.545 e. The van der Waals surface area contributed by atoms with E-state index >= 15 is 0 Å². The number of carboxylic acid groups (broad SMARTS) is 1. The molecule has 0 radical (unpaired) electrons. The molecule has 9 heteroatoms. The lowest BCUT2D eigenvalue weighted by atomic mass is 10.0. The van der Waals surface area contributed by atoms with E-state index < -0.39 is 24.3 Å². The fourth-order valence-corrected chi connectivity index (χ4v) is 9.15. The number of esters is 2. The second kappa shape index (κ2) is 58.1. The highest BCUT2D eigenvalue weighted by atomic mass is 16.7. The quantitative estimate of drug-likeness (QED) is 0.0195. The van der Waals surface area contributed by atoms with Crippen LogP contribution in [0.3, 0.4) is 0 Å². The van der Waals surface area contributed by atoms with Crippen LogP contribution in [-0.4, -0.2) is 82.3 Å². The minimum absolute atomic E-state index is 0.150. The molecule has 9 nitrogen and oxygen atoms in total. The summed E-state index contributed by atoms with van der Waals surface area (Å²) >= 11 is 0. The molecule has 0 N–H and O–H groups in total. The summed E-state index contributed by atoms with van der Waals surface area (Å²) in [6, 6.07) is 0. The molecule has 0 fully saturated rings. The van der Waals surface area contributed by atoms with Gasteiger partial charge in [-0.15, -0.1) is 0 Å². The van der Waals surface area contributed by atoms with E-state index in [1.807, 2.05) is 21.1 Å². The molecule has 0 aromatic carbocycles. The van der Waals surface area contributed by atoms with E-state index in [0.29, 0.717) is 17.4 Å². The molecule has 0 spiro atoms. The highest BCUT2D eigenvalue weighted by Crippen LogP contribution is 2.18. The lowest BCUT2D eigenvalue weighted by Gasteiger charge is -2.26. The van der Waals surface area contributed by atoms with E-state index in [0.717, 1.165) is 70.6 Å². The van der Waals surface area contributed by atoms with Crippen molar-refractivity contribution in [3.8, 4) is 0 Å². The number of hydrogen-bond donors (Lipinski definition) is 0. The van der Waals surface area contributed by atoms with Crippen molar-refractivity contribution < 1.29 is 42.9 Å². The fraction of sp³-hybridized carbons (Fsp3) is 0.806. The predicted molar refractivity (Wildman–Crippen MR) is 320 cm³/mol. The van der Waals surface area contributed by atoms with Gasteiger partial charge in [0.15, 0.2) is 12.4 Å². The molecule has 76 heavy (non-hydrogen) atoms. The van der Waals surface area contributed by atoms with Gasteiger partial charge in [-0.2, -0.15) is 0 Å². The number of likely N-dealkylation sites (N-methyl/N-ethyl adjacent to an activating group) is 1. The average molecular weight is 1070 g/mol. The molecule has 0 aliphatic carbocycles. The van der Waals surface area contributed by atoms with Crippen molar-refractivity contribution in [2.24, 2.45) is 0 Å². The van der Waals surface area contributed by atoms with E-state index in [1.165, 1.54) is 193 Å². The Balaban J connectivity index is 3.86. The zero-order valence-corrected chi connectivity index (χ0v) is 50.4. The van der Waals surface area contributed by atoms with Crippen LogP contribution < -0.4 is 5.11 Å². The Hall–Kier alpha value is -3.01. The lowest BCUT2D eigenvalue weighted by molar-refractivity contribution is -0.870. The van der Waals surface area contributed by atoms with Gasteiger partial charge in [0.05, 0.1) is 40.3 Å². The van der Waals surface area contributed by atoms with Gasteiger partial charge in [0.25, 0.3) is 0 Å². The summed E-state index contributed by atoms with van der Waals surface area (Å²) in [6.07, 6.45) is 71.8. The Morgan fingerprint density at radius 3 is 1.12 bits per heavy atom. The van der Waals surface area contributed by atoms with E-state index in [9.17, 15) is 19.5 Å². The molecule has 0 bridgehead atoms. The molecule has 0 aliphatic heterocycles. The van der Waals surface area contributed by atoms with Crippen molar-refractivity contribution >= 4 is 17.9 Å². The maximum atomic E-state index is 12.8. The van der Waals surface area contributed by atoms with Crippen LogP contribution in [0.5, 0.6) is 0 Å². The predicted octanol–water partition coefficient (Wildman–Crippen LogP) is 17.9. The number of rotatable bonds is 59. The first-order valence-electron chi connectivity index (χ1n) is 31.9. The van der Waals surface area contributed by atoms with Crippen LogP contribution in [-0.2, 0) is 33.3 Å². The first-order chi connectivity index (χ1) is 37.1. The summed E-state index contributed by atoms with van der Waals surface area (Å²) < 4.78 is 22.7. The highest BCUT2D eigenvalue weighted by molar-refractivity contribution is 5.70. The van der Waals surface area contributed by atoms with E-state index in [4.69, 9.17) is 18.9 Å². The number of carbonyl (C=O) groups is 3. The number of nitrogens with zero attached hydrogens (tertiary/aromatic N) is 1. The first kappa shape index (κ1) is 73.0. The Bertz CT molecular complexity index is 1430. The SMILES string of the molecule is CC/C=C\C/C=C\C/C=C\C/C=C\C/C=C\CCCCCCCCCCCCCCCCCCCCCCCCCCCC(=O)OC(COC(=O)CCCCCCCCCCCC)COC(OCC[N+](C)(C)C)C(=O)[O-]. The monoisotopic (exact) mass is 1070 g/mol. The van der Waals surface area contributed by atoms with Crippen molar-refractivity contribution in [2.45, 2.75) is 302 Å². The smallest absolute Gasteiger partial charge is 0.306 e. The summed E-state index contributed by atoms with van der Waals surface area (Å²) in [5, 5.41) is 11.7. The molecule has 2 unspecified atom stereocenters. The molecule has 0 heterocycles. The zero-order valence-electron chi connectivity index (χ0n) is 50.4. The van der Waals surface area contributed by atoms with Gasteiger partial charge in [0, 0.05) is 12.8 Å². The van der Waals surface area contributed by atoms with Gasteiger partial charge < -0.3 is 33.3 Å². The second-order valence-electron chi connectivity index (χ2n) is 22.7. The Morgan fingerprint density at radius 2 is 0.750 bits per heavy atom. The third-order valence-electron chi connectivity index (χ3n) is 14.0. The van der Waals surface area contributed by atoms with Gasteiger partial charge in [0.1, 0.15) is 13.2 Å². The van der Waals surface area contributed by atoms with Crippen molar-refractivity contribution in [2.75, 3.05) is 47.5 Å². The van der Waals surface area contributed by atoms with Crippen molar-refractivity contribution in [1.29, 1.82) is 0 Å². The van der Waals surface area contributed by atoms with Crippen LogP contribution in [0.2, 0.25) is 0 Å². The number of ether oxygens (including phenoxy) is 4. The molecular weight excluding hydrogens is 947 g/mol. The van der Waals surface area contributed by atoms with Gasteiger partial charge in [-0.1, -0.05) is 280 Å². The molecule has 2 atom stereocenters. The number of quaternary nitrogens is 1. The summed E-state index contributed by atoms with van der Waals surface area (Å²) in [5.41, 5.74) is 0. The number of carboxylic acids is 1. The molecule has 442 valence electrons. The van der Waals surface area contributed by atoms with Gasteiger partial charge in [0.2, 0.25) is 0 Å². The molecule has 0 saturated heterocycles. The Kier molecular flexibility index (Phi) is 55.8. The lowest BCUT2D eigenvalue weighted by Crippen LogP contribution is -2.44. The Morgan fingerprint density at radius 1 is 0.408 bits per heavy atom. The zero-order chi connectivity index (χ0) is 55.5. The molecular formula is C67H121NO8. The number of aliphatic carboxylic acids is 1. The molecule has 0 aliphatic rings. The van der Waals surface area contributed by atoms with Gasteiger partial charge in [-0.25, -0.2) is 0 Å². The standard InChI is InChI=1S/C67H121NO8/c1-6-8-10-12-14-16-18-19-20-21-22-23-24-25-26-27-28-29-30-31-32-33-34-35-36-37-38-39-40-41-42-43-44-45-46-47-48-50-52-54-56-58-65(70)76-63(62-75-67(66(71)72)73-60-59-68(3,4)5)61-74-64(69)57-55-53-51-49-17-15-13-11-9-7-2/h8,10,14,16,19-20,22-23,25-26,63,67H,6-7,9,11-13,15,17-18,21,24,27-62H2,1-5H3/b10-8-,16-14-,20-19-,23-22-,26-25-. The minimum Gasteiger partial charge on any atom is -0.545 e. The van der Waals surface area contributed by atoms with Crippen LogP contribution in [0.15, 0.2) is 60.8 Å². The average Bonchev–Trinajstić information content (AvgIpc) is 3.39. The highest BCUT2D eigenvalue weighted by Gasteiger charge is 2.22. The minimum atomic E-state index is -1.62. The normalized spacial score (nSPS) is 13.1. The van der Waals surface area contributed by atoms with Gasteiger partial charge >= 0.3 is 11.9 Å². The maximum absolute atomic E-state index is 12.8. The maximum Gasteiger partial charge on any atom is 0.306 e. The van der Waals surface area contributed by atoms with Crippen molar-refractivity contribution in [3.05, 3.63) is 60.8 Å². The van der Waals surface area contributed by atoms with Crippen molar-refractivity contribution in [3.63, 3.8) is 0 Å². The molecule has 0 rings (SSSR count). The third-order valence-corrected chi connectivity index (χ3v) is 14.0. The fourth-order valence-electron chi connectivity index (χ4n) is 9.15. The third kappa shape index (κ3) is 58.7. The van der Waals surface area contributed by atoms with Gasteiger partial charge in [-0.3, -0.25) is 9.59 Å². The summed E-state index contributed by atoms with van der Waals surface area (Å²) in [5.74, 6) is -2.27. The van der Waals surface area contributed by atoms with Crippen LogP contribution >= 0.6 is 0 Å². The topological polar surface area (TPSA) is 111 Å². The van der Waals surface area contributed by atoms with Crippen LogP contribution in [0.25, 0.3) is 0 Å². The Labute approximate surface area is 469 Å². The summed E-state index contributed by atoms with van der Waals surface area (Å²) in [4.78, 5) is 37.1. The molecule has 0 aromatic rings. The number of allylic oxidation sites excluding steroid dienone is 10. The van der Waals surface area contributed by atoms with E-state index in [2.05, 4.69) is 74.6 Å².